The summed E-state index contributed by atoms with van der Waals surface area (Å²) < 4.78 is 0. The van der Waals surface area contributed by atoms with Crippen LogP contribution in [0.25, 0.3) is 0 Å². The summed E-state index contributed by atoms with van der Waals surface area (Å²) in [5.41, 5.74) is 4.17. The molecule has 1 aromatic carbocycles. The van der Waals surface area contributed by atoms with Crippen molar-refractivity contribution in [2.24, 2.45) is 0 Å². The van der Waals surface area contributed by atoms with Gasteiger partial charge in [-0.25, -0.2) is 4.98 Å². The van der Waals surface area contributed by atoms with E-state index in [1.54, 1.807) is 16.9 Å². The quantitative estimate of drug-likeness (QED) is 0.812. The molecule has 3 rings (SSSR count). The zero-order valence-electron chi connectivity index (χ0n) is 11.4. The fourth-order valence-corrected chi connectivity index (χ4v) is 3.20. The van der Waals surface area contributed by atoms with Gasteiger partial charge in [-0.15, -0.1) is 11.3 Å². The van der Waals surface area contributed by atoms with E-state index in [9.17, 15) is 0 Å². The molecule has 1 saturated carbocycles. The maximum atomic E-state index is 4.49. The number of hydrogen-bond acceptors (Lipinski definition) is 3. The normalized spacial score (nSPS) is 14.8. The molecule has 1 aliphatic rings. The highest BCUT2D eigenvalue weighted by molar-refractivity contribution is 7.09. The largest absolute Gasteiger partial charge is 0.312 e. The minimum atomic E-state index is 0.833. The van der Waals surface area contributed by atoms with Gasteiger partial charge < -0.3 is 5.32 Å². The van der Waals surface area contributed by atoms with Crippen LogP contribution in [0, 0.1) is 6.92 Å². The Hall–Kier alpha value is -1.19. The van der Waals surface area contributed by atoms with Gasteiger partial charge in [-0.2, -0.15) is 0 Å². The van der Waals surface area contributed by atoms with Crippen molar-refractivity contribution in [1.82, 2.24) is 10.3 Å². The Morgan fingerprint density at radius 2 is 2.16 bits per heavy atom. The van der Waals surface area contributed by atoms with Gasteiger partial charge in [-0.3, -0.25) is 0 Å². The molecule has 0 aliphatic heterocycles. The van der Waals surface area contributed by atoms with Crippen molar-refractivity contribution in [3.63, 3.8) is 0 Å². The van der Waals surface area contributed by atoms with Crippen LogP contribution >= 0.6 is 11.3 Å². The summed E-state index contributed by atoms with van der Waals surface area (Å²) >= 11 is 1.76. The first-order valence-corrected chi connectivity index (χ1v) is 7.90. The van der Waals surface area contributed by atoms with Gasteiger partial charge in [0, 0.05) is 30.6 Å². The van der Waals surface area contributed by atoms with Gasteiger partial charge in [0.05, 0.1) is 5.01 Å². The molecule has 0 saturated heterocycles. The maximum absolute atomic E-state index is 4.49. The molecule has 0 atom stereocenters. The summed E-state index contributed by atoms with van der Waals surface area (Å²) in [5.74, 6) is 0.833. The number of aryl methyl sites for hydroxylation is 1. The van der Waals surface area contributed by atoms with Crippen molar-refractivity contribution >= 4 is 11.3 Å². The van der Waals surface area contributed by atoms with Gasteiger partial charge in [-0.1, -0.05) is 24.3 Å². The number of nitrogens with zero attached hydrogens (tertiary/aromatic N) is 1. The lowest BCUT2D eigenvalue weighted by atomic mass is 10.0. The average molecular weight is 272 g/mol. The van der Waals surface area contributed by atoms with Crippen molar-refractivity contribution in [1.29, 1.82) is 0 Å². The number of thiazole rings is 1. The van der Waals surface area contributed by atoms with E-state index < -0.39 is 0 Å². The van der Waals surface area contributed by atoms with Crippen LogP contribution in [0.2, 0.25) is 0 Å². The van der Waals surface area contributed by atoms with Crippen molar-refractivity contribution in [3.8, 4) is 0 Å². The molecule has 1 heterocycles. The van der Waals surface area contributed by atoms with Crippen molar-refractivity contribution in [2.45, 2.75) is 38.6 Å². The molecule has 19 heavy (non-hydrogen) atoms. The van der Waals surface area contributed by atoms with Crippen LogP contribution in [0.1, 0.15) is 40.6 Å². The Morgan fingerprint density at radius 3 is 2.89 bits per heavy atom. The molecule has 0 amide bonds. The molecular weight excluding hydrogens is 252 g/mol. The molecule has 0 unspecified atom stereocenters. The van der Waals surface area contributed by atoms with Crippen molar-refractivity contribution in [3.05, 3.63) is 51.5 Å². The van der Waals surface area contributed by atoms with Crippen LogP contribution in [-0.2, 0) is 13.0 Å². The van der Waals surface area contributed by atoms with Gasteiger partial charge in [0.15, 0.2) is 0 Å². The molecule has 100 valence electrons. The van der Waals surface area contributed by atoms with E-state index in [1.165, 1.54) is 23.4 Å². The molecular formula is C16H20N2S. The first-order valence-electron chi connectivity index (χ1n) is 7.02. The molecule has 3 heteroatoms. The van der Waals surface area contributed by atoms with Gasteiger partial charge in [0.25, 0.3) is 0 Å². The van der Waals surface area contributed by atoms with E-state index in [2.05, 4.69) is 46.9 Å². The first kappa shape index (κ1) is 12.8. The predicted octanol–water partition coefficient (Wildman–Crippen LogP) is 3.66. The third-order valence-electron chi connectivity index (χ3n) is 3.57. The smallest absolute Gasteiger partial charge is 0.0940 e. The van der Waals surface area contributed by atoms with Gasteiger partial charge in [0.1, 0.15) is 0 Å². The molecule has 1 aliphatic carbocycles. The predicted molar refractivity (Wildman–Crippen MR) is 80.7 cm³/mol. The SMILES string of the molecule is Cc1csc(CCNCc2ccccc2C2CC2)n1. The lowest BCUT2D eigenvalue weighted by Gasteiger charge is -2.09. The molecule has 1 aromatic heterocycles. The molecule has 0 radical (unpaired) electrons. The number of rotatable bonds is 6. The lowest BCUT2D eigenvalue weighted by molar-refractivity contribution is 0.680. The van der Waals surface area contributed by atoms with Crippen LogP contribution in [0.3, 0.4) is 0 Å². The van der Waals surface area contributed by atoms with E-state index in [4.69, 9.17) is 0 Å². The van der Waals surface area contributed by atoms with Crippen molar-refractivity contribution in [2.75, 3.05) is 6.54 Å². The summed E-state index contributed by atoms with van der Waals surface area (Å²) in [7, 11) is 0. The van der Waals surface area contributed by atoms with Gasteiger partial charge >= 0.3 is 0 Å². The molecule has 2 aromatic rings. The van der Waals surface area contributed by atoms with E-state index in [-0.39, 0.29) is 0 Å². The van der Waals surface area contributed by atoms with E-state index in [0.717, 1.165) is 31.1 Å². The average Bonchev–Trinajstić information content (AvgIpc) is 3.19. The minimum absolute atomic E-state index is 0.833. The topological polar surface area (TPSA) is 24.9 Å². The Bertz CT molecular complexity index is 543. The Balaban J connectivity index is 1.49. The van der Waals surface area contributed by atoms with Crippen LogP contribution in [0.5, 0.6) is 0 Å². The summed E-state index contributed by atoms with van der Waals surface area (Å²) in [5, 5.41) is 6.91. The van der Waals surface area contributed by atoms with Crippen LogP contribution in [0.4, 0.5) is 0 Å². The van der Waals surface area contributed by atoms with E-state index in [0.29, 0.717) is 0 Å². The molecule has 1 N–H and O–H groups in total. The number of benzene rings is 1. The zero-order valence-corrected chi connectivity index (χ0v) is 12.2. The standard InChI is InChI=1S/C16H20N2S/c1-12-11-19-16(18-12)8-9-17-10-14-4-2-3-5-15(14)13-6-7-13/h2-5,11,13,17H,6-10H2,1H3. The third-order valence-corrected chi connectivity index (χ3v) is 4.60. The summed E-state index contributed by atoms with van der Waals surface area (Å²) in [6.07, 6.45) is 3.77. The zero-order chi connectivity index (χ0) is 13.1. The number of hydrogen-bond donors (Lipinski definition) is 1. The first-order chi connectivity index (χ1) is 9.33. The summed E-state index contributed by atoms with van der Waals surface area (Å²) in [6.45, 7) is 4.04. The Kier molecular flexibility index (Phi) is 3.95. The highest BCUT2D eigenvalue weighted by Gasteiger charge is 2.25. The Morgan fingerprint density at radius 1 is 1.32 bits per heavy atom. The fourth-order valence-electron chi connectivity index (χ4n) is 2.42. The molecule has 0 bridgehead atoms. The summed E-state index contributed by atoms with van der Waals surface area (Å²) in [4.78, 5) is 4.49. The van der Waals surface area contributed by atoms with Gasteiger partial charge in [-0.05, 0) is 36.8 Å². The second-order valence-electron chi connectivity index (χ2n) is 5.28. The lowest BCUT2D eigenvalue weighted by Crippen LogP contribution is -2.17. The molecule has 0 spiro atoms. The van der Waals surface area contributed by atoms with E-state index in [1.807, 2.05) is 0 Å². The molecule has 2 nitrogen and oxygen atoms in total. The number of nitrogens with one attached hydrogen (secondary N) is 1. The fraction of sp³-hybridized carbons (Fsp3) is 0.438. The summed E-state index contributed by atoms with van der Waals surface area (Å²) in [6, 6.07) is 8.86. The number of aromatic nitrogens is 1. The second-order valence-corrected chi connectivity index (χ2v) is 6.23. The Labute approximate surface area is 118 Å². The highest BCUT2D eigenvalue weighted by Crippen LogP contribution is 2.41. The third kappa shape index (κ3) is 3.43. The maximum Gasteiger partial charge on any atom is 0.0940 e. The molecule has 1 fully saturated rings. The van der Waals surface area contributed by atoms with Crippen molar-refractivity contribution < 1.29 is 0 Å². The van der Waals surface area contributed by atoms with Crippen LogP contribution < -0.4 is 5.32 Å². The van der Waals surface area contributed by atoms with Gasteiger partial charge in [0.2, 0.25) is 0 Å². The van der Waals surface area contributed by atoms with Crippen LogP contribution in [0.15, 0.2) is 29.6 Å². The van der Waals surface area contributed by atoms with E-state index >= 15 is 0 Å². The second kappa shape index (κ2) is 5.85. The van der Waals surface area contributed by atoms with Crippen LogP contribution in [-0.4, -0.2) is 11.5 Å². The minimum Gasteiger partial charge on any atom is -0.312 e. The highest BCUT2D eigenvalue weighted by atomic mass is 32.1. The monoisotopic (exact) mass is 272 g/mol.